The number of rotatable bonds is 3. The second kappa shape index (κ2) is 4.45. The van der Waals surface area contributed by atoms with E-state index >= 15 is 0 Å². The maximum absolute atomic E-state index is 5.11. The zero-order valence-electron chi connectivity index (χ0n) is 6.97. The van der Waals surface area contributed by atoms with Crippen LogP contribution in [-0.2, 0) is 0 Å². The molecule has 0 saturated carbocycles. The van der Waals surface area contributed by atoms with E-state index in [9.17, 15) is 0 Å². The summed E-state index contributed by atoms with van der Waals surface area (Å²) in [4.78, 5) is 1.08. The van der Waals surface area contributed by atoms with E-state index in [0.29, 0.717) is 0 Å². The Labute approximate surface area is 74.0 Å². The van der Waals surface area contributed by atoms with Gasteiger partial charge in [-0.25, -0.2) is 0 Å². The van der Waals surface area contributed by atoms with Gasteiger partial charge in [0.15, 0.2) is 0 Å². The van der Waals surface area contributed by atoms with Gasteiger partial charge in [0.1, 0.15) is 0 Å². The first-order valence-electron chi connectivity index (χ1n) is 4.23. The summed E-state index contributed by atoms with van der Waals surface area (Å²) in [5.74, 6) is 0. The minimum atomic E-state index is 0.963. The number of thiocarbonyl (C=S) groups is 1. The van der Waals surface area contributed by atoms with E-state index in [2.05, 4.69) is 25.2 Å². The van der Waals surface area contributed by atoms with Crippen LogP contribution in [0.25, 0.3) is 0 Å². The molecule has 0 aromatic rings. The first kappa shape index (κ1) is 8.66. The zero-order chi connectivity index (χ0) is 8.10. The summed E-state index contributed by atoms with van der Waals surface area (Å²) >= 11 is 5.11. The molecule has 60 valence electrons. The summed E-state index contributed by atoms with van der Waals surface area (Å²) in [6, 6.07) is 0. The molecule has 0 unspecified atom stereocenters. The minimum absolute atomic E-state index is 0.963. The van der Waals surface area contributed by atoms with Crippen molar-refractivity contribution in [3.8, 4) is 0 Å². The van der Waals surface area contributed by atoms with Crippen molar-refractivity contribution in [2.24, 2.45) is 0 Å². The molecule has 1 rings (SSSR count). The van der Waals surface area contributed by atoms with Crippen LogP contribution in [0.5, 0.6) is 0 Å². The highest BCUT2D eigenvalue weighted by Crippen LogP contribution is 2.14. The van der Waals surface area contributed by atoms with Gasteiger partial charge in [0.25, 0.3) is 0 Å². The van der Waals surface area contributed by atoms with Gasteiger partial charge >= 0.3 is 0 Å². The third-order valence-corrected chi connectivity index (χ3v) is 2.10. The van der Waals surface area contributed by atoms with Crippen molar-refractivity contribution in [2.75, 3.05) is 0 Å². The molecule has 0 heterocycles. The van der Waals surface area contributed by atoms with Crippen LogP contribution < -0.4 is 0 Å². The van der Waals surface area contributed by atoms with Crippen molar-refractivity contribution in [2.45, 2.75) is 32.6 Å². The zero-order valence-corrected chi connectivity index (χ0v) is 7.79. The lowest BCUT2D eigenvalue weighted by Gasteiger charge is -2.05. The van der Waals surface area contributed by atoms with Crippen LogP contribution in [-0.4, -0.2) is 4.86 Å². The fourth-order valence-electron chi connectivity index (χ4n) is 1.18. The Morgan fingerprint density at radius 2 is 2.36 bits per heavy atom. The molecule has 1 aliphatic carbocycles. The Kier molecular flexibility index (Phi) is 3.50. The predicted molar refractivity (Wildman–Crippen MR) is 54.0 cm³/mol. The van der Waals surface area contributed by atoms with Crippen LogP contribution in [0.1, 0.15) is 32.6 Å². The summed E-state index contributed by atoms with van der Waals surface area (Å²) in [6.45, 7) is 2.21. The van der Waals surface area contributed by atoms with Crippen LogP contribution >= 0.6 is 12.2 Å². The Bertz CT molecular complexity index is 199. The van der Waals surface area contributed by atoms with Crippen LogP contribution in [0.15, 0.2) is 23.8 Å². The highest BCUT2D eigenvalue weighted by Gasteiger charge is 1.99. The SMILES string of the molecule is CCCCC1=CC(=S)CC=C1. The highest BCUT2D eigenvalue weighted by molar-refractivity contribution is 7.80. The lowest BCUT2D eigenvalue weighted by molar-refractivity contribution is 0.797. The van der Waals surface area contributed by atoms with E-state index in [4.69, 9.17) is 12.2 Å². The number of hydrogen-bond acceptors (Lipinski definition) is 1. The number of hydrogen-bond donors (Lipinski definition) is 0. The van der Waals surface area contributed by atoms with Crippen molar-refractivity contribution >= 4 is 17.1 Å². The van der Waals surface area contributed by atoms with Crippen LogP contribution in [0.3, 0.4) is 0 Å². The van der Waals surface area contributed by atoms with Gasteiger partial charge < -0.3 is 0 Å². The van der Waals surface area contributed by atoms with Crippen molar-refractivity contribution < 1.29 is 0 Å². The quantitative estimate of drug-likeness (QED) is 0.579. The largest absolute Gasteiger partial charge is 0.0846 e. The summed E-state index contributed by atoms with van der Waals surface area (Å²) in [5.41, 5.74) is 1.41. The molecule has 0 radical (unpaired) electrons. The lowest BCUT2D eigenvalue weighted by atomic mass is 10.0. The standard InChI is InChI=1S/C10H14S/c1-2-3-5-9-6-4-7-10(11)8-9/h4,6,8H,2-3,5,7H2,1H3. The van der Waals surface area contributed by atoms with Gasteiger partial charge in [-0.3, -0.25) is 0 Å². The molecular weight excluding hydrogens is 152 g/mol. The van der Waals surface area contributed by atoms with E-state index in [1.807, 2.05) is 0 Å². The summed E-state index contributed by atoms with van der Waals surface area (Å²) in [5, 5.41) is 0. The van der Waals surface area contributed by atoms with E-state index in [1.165, 1.54) is 24.8 Å². The normalized spacial score (nSPS) is 16.8. The molecular formula is C10H14S. The van der Waals surface area contributed by atoms with Crippen molar-refractivity contribution in [1.29, 1.82) is 0 Å². The van der Waals surface area contributed by atoms with Crippen molar-refractivity contribution in [3.63, 3.8) is 0 Å². The Morgan fingerprint density at radius 1 is 1.55 bits per heavy atom. The molecule has 0 fully saturated rings. The molecule has 0 atom stereocenters. The molecule has 0 bridgehead atoms. The first-order chi connectivity index (χ1) is 5.33. The highest BCUT2D eigenvalue weighted by atomic mass is 32.1. The van der Waals surface area contributed by atoms with E-state index in [-0.39, 0.29) is 0 Å². The van der Waals surface area contributed by atoms with Gasteiger partial charge in [-0.05, 0) is 24.5 Å². The third-order valence-electron chi connectivity index (χ3n) is 1.82. The molecule has 0 aromatic carbocycles. The minimum Gasteiger partial charge on any atom is -0.0846 e. The fraction of sp³-hybridized carbons (Fsp3) is 0.500. The Morgan fingerprint density at radius 3 is 3.00 bits per heavy atom. The third kappa shape index (κ3) is 2.98. The van der Waals surface area contributed by atoms with Gasteiger partial charge in [-0.2, -0.15) is 0 Å². The van der Waals surface area contributed by atoms with E-state index in [0.717, 1.165) is 11.3 Å². The van der Waals surface area contributed by atoms with E-state index < -0.39 is 0 Å². The topological polar surface area (TPSA) is 0 Å². The number of allylic oxidation sites excluding steroid dienone is 4. The molecule has 0 aromatic heterocycles. The average molecular weight is 166 g/mol. The average Bonchev–Trinajstić information content (AvgIpc) is 2.01. The summed E-state index contributed by atoms with van der Waals surface area (Å²) in [7, 11) is 0. The molecule has 1 heteroatoms. The molecule has 0 N–H and O–H groups in total. The maximum atomic E-state index is 5.11. The van der Waals surface area contributed by atoms with Crippen LogP contribution in [0, 0.1) is 0 Å². The van der Waals surface area contributed by atoms with Crippen LogP contribution in [0.4, 0.5) is 0 Å². The summed E-state index contributed by atoms with van der Waals surface area (Å²) in [6.07, 6.45) is 11.2. The lowest BCUT2D eigenvalue weighted by Crippen LogP contribution is -1.94. The van der Waals surface area contributed by atoms with Gasteiger partial charge in [0.2, 0.25) is 0 Å². The molecule has 0 aliphatic heterocycles. The molecule has 0 spiro atoms. The summed E-state index contributed by atoms with van der Waals surface area (Å²) < 4.78 is 0. The molecule has 1 aliphatic rings. The first-order valence-corrected chi connectivity index (χ1v) is 4.63. The van der Waals surface area contributed by atoms with Gasteiger partial charge in [0.05, 0.1) is 0 Å². The maximum Gasteiger partial charge on any atom is 0.0192 e. The van der Waals surface area contributed by atoms with Gasteiger partial charge in [-0.1, -0.05) is 37.7 Å². The van der Waals surface area contributed by atoms with Crippen molar-refractivity contribution in [3.05, 3.63) is 23.8 Å². The second-order valence-electron chi connectivity index (χ2n) is 2.90. The van der Waals surface area contributed by atoms with Gasteiger partial charge in [0, 0.05) is 11.3 Å². The molecule has 0 saturated heterocycles. The monoisotopic (exact) mass is 166 g/mol. The van der Waals surface area contributed by atoms with E-state index in [1.54, 1.807) is 0 Å². The molecule has 0 amide bonds. The molecule has 0 nitrogen and oxygen atoms in total. The van der Waals surface area contributed by atoms with Crippen molar-refractivity contribution in [1.82, 2.24) is 0 Å². The smallest absolute Gasteiger partial charge is 0.0192 e. The van der Waals surface area contributed by atoms with Gasteiger partial charge in [-0.15, -0.1) is 0 Å². The number of unbranched alkanes of at least 4 members (excludes halogenated alkanes) is 1. The fourth-order valence-corrected chi connectivity index (χ4v) is 1.42. The van der Waals surface area contributed by atoms with Crippen LogP contribution in [0.2, 0.25) is 0 Å². The predicted octanol–water partition coefficient (Wildman–Crippen LogP) is 3.43. The molecule has 11 heavy (non-hydrogen) atoms. The second-order valence-corrected chi connectivity index (χ2v) is 3.42. The Hall–Kier alpha value is -0.430. The Balaban J connectivity index is 2.44.